The summed E-state index contributed by atoms with van der Waals surface area (Å²) in [6, 6.07) is 18.6. The minimum absolute atomic E-state index is 0.128. The third kappa shape index (κ3) is 2.76. The number of hydrogen-bond acceptors (Lipinski definition) is 3. The summed E-state index contributed by atoms with van der Waals surface area (Å²) in [6.07, 6.45) is 1.87. The summed E-state index contributed by atoms with van der Waals surface area (Å²) in [7, 11) is 0. The Hall–Kier alpha value is -3.14. The van der Waals surface area contributed by atoms with Gasteiger partial charge in [-0.3, -0.25) is 10.4 Å². The average molecular weight is 368 g/mol. The first-order valence-corrected chi connectivity index (χ1v) is 9.80. The van der Waals surface area contributed by atoms with Crippen LogP contribution in [-0.2, 0) is 6.42 Å². The van der Waals surface area contributed by atoms with Crippen molar-refractivity contribution in [3.63, 3.8) is 0 Å². The van der Waals surface area contributed by atoms with Gasteiger partial charge in [-0.05, 0) is 43.4 Å². The molecule has 1 aliphatic carbocycles. The Morgan fingerprint density at radius 1 is 1.00 bits per heavy atom. The van der Waals surface area contributed by atoms with Crippen molar-refractivity contribution < 1.29 is 0 Å². The molecule has 0 amide bonds. The number of rotatable bonds is 2. The molecule has 5 rings (SSSR count). The molecule has 2 aromatic carbocycles. The number of anilines is 1. The van der Waals surface area contributed by atoms with Crippen LogP contribution in [0.15, 0.2) is 59.7 Å². The Labute approximate surface area is 164 Å². The van der Waals surface area contributed by atoms with Crippen LogP contribution in [0.4, 0.5) is 5.69 Å². The zero-order valence-electron chi connectivity index (χ0n) is 16.5. The fourth-order valence-electron chi connectivity index (χ4n) is 4.40. The first kappa shape index (κ1) is 17.0. The molecule has 4 heteroatoms. The number of H-pyrrole nitrogens is 1. The number of aromatic amines is 1. The van der Waals surface area contributed by atoms with E-state index >= 15 is 0 Å². The number of aromatic nitrogens is 2. The Bertz CT molecular complexity index is 1220. The standard InChI is InChI=1S/C24H24N4/c1-15-21-17-11-7-8-12-18(17)26-23(21)22-19(25-15)13-24(2,3)14-20(22)28-27-16-9-5-4-6-10-16/h4-12,26-27H,13-14H2,1-3H3. The maximum Gasteiger partial charge on any atom is 0.0724 e. The van der Waals surface area contributed by atoms with Gasteiger partial charge in [0.05, 0.1) is 22.6 Å². The van der Waals surface area contributed by atoms with Crippen LogP contribution in [0.3, 0.4) is 0 Å². The monoisotopic (exact) mass is 368 g/mol. The van der Waals surface area contributed by atoms with Gasteiger partial charge in [-0.2, -0.15) is 5.10 Å². The minimum atomic E-state index is 0.128. The smallest absolute Gasteiger partial charge is 0.0724 e. The van der Waals surface area contributed by atoms with Crippen LogP contribution >= 0.6 is 0 Å². The largest absolute Gasteiger partial charge is 0.354 e. The molecule has 4 aromatic rings. The first-order chi connectivity index (χ1) is 13.5. The molecule has 0 aliphatic heterocycles. The summed E-state index contributed by atoms with van der Waals surface area (Å²) < 4.78 is 0. The number of hydrazone groups is 1. The molecule has 4 nitrogen and oxygen atoms in total. The average Bonchev–Trinajstić information content (AvgIpc) is 3.05. The highest BCUT2D eigenvalue weighted by Crippen LogP contribution is 2.39. The normalized spacial score (nSPS) is 17.2. The van der Waals surface area contributed by atoms with Crippen molar-refractivity contribution in [1.82, 2.24) is 9.97 Å². The van der Waals surface area contributed by atoms with Crippen molar-refractivity contribution in [2.45, 2.75) is 33.6 Å². The van der Waals surface area contributed by atoms with E-state index in [4.69, 9.17) is 10.1 Å². The van der Waals surface area contributed by atoms with Crippen LogP contribution in [0.5, 0.6) is 0 Å². The summed E-state index contributed by atoms with van der Waals surface area (Å²) in [5, 5.41) is 7.28. The zero-order chi connectivity index (χ0) is 19.3. The fraction of sp³-hybridized carbons (Fsp3) is 0.250. The lowest BCUT2D eigenvalue weighted by Crippen LogP contribution is -2.29. The van der Waals surface area contributed by atoms with Gasteiger partial charge in [-0.25, -0.2) is 0 Å². The van der Waals surface area contributed by atoms with Gasteiger partial charge in [0.25, 0.3) is 0 Å². The van der Waals surface area contributed by atoms with E-state index in [1.165, 1.54) is 16.3 Å². The predicted molar refractivity (Wildman–Crippen MR) is 117 cm³/mol. The van der Waals surface area contributed by atoms with Gasteiger partial charge in [-0.1, -0.05) is 50.2 Å². The molecule has 0 unspecified atom stereocenters. The number of aryl methyl sites for hydroxylation is 1. The van der Waals surface area contributed by atoms with Crippen LogP contribution in [0, 0.1) is 12.3 Å². The van der Waals surface area contributed by atoms with E-state index in [1.807, 2.05) is 30.3 Å². The minimum Gasteiger partial charge on any atom is -0.354 e. The number of benzene rings is 2. The maximum absolute atomic E-state index is 5.04. The Balaban J connectivity index is 1.75. The molecule has 0 radical (unpaired) electrons. The Morgan fingerprint density at radius 3 is 2.57 bits per heavy atom. The molecule has 140 valence electrons. The van der Waals surface area contributed by atoms with Crippen LogP contribution < -0.4 is 5.43 Å². The highest BCUT2D eigenvalue weighted by Gasteiger charge is 2.33. The van der Waals surface area contributed by atoms with E-state index in [2.05, 4.69) is 55.4 Å². The number of nitrogens with zero attached hydrogens (tertiary/aromatic N) is 2. The third-order valence-corrected chi connectivity index (χ3v) is 5.58. The van der Waals surface area contributed by atoms with Crippen LogP contribution in [0.2, 0.25) is 0 Å². The van der Waals surface area contributed by atoms with Gasteiger partial charge in [0.15, 0.2) is 0 Å². The molecule has 0 fully saturated rings. The van der Waals surface area contributed by atoms with Crippen molar-refractivity contribution in [3.05, 3.63) is 71.5 Å². The first-order valence-electron chi connectivity index (χ1n) is 9.80. The van der Waals surface area contributed by atoms with Crippen molar-refractivity contribution in [2.75, 3.05) is 5.43 Å². The quantitative estimate of drug-likeness (QED) is 0.438. The van der Waals surface area contributed by atoms with E-state index < -0.39 is 0 Å². The Kier molecular flexibility index (Phi) is 3.76. The molecule has 0 bridgehead atoms. The lowest BCUT2D eigenvalue weighted by Gasteiger charge is -2.32. The van der Waals surface area contributed by atoms with Crippen molar-refractivity contribution in [2.24, 2.45) is 10.5 Å². The molecule has 0 atom stereocenters. The number of pyridine rings is 1. The number of nitrogens with one attached hydrogen (secondary N) is 2. The van der Waals surface area contributed by atoms with E-state index in [0.717, 1.165) is 46.7 Å². The van der Waals surface area contributed by atoms with Gasteiger partial charge < -0.3 is 4.98 Å². The molecule has 2 aromatic heterocycles. The van der Waals surface area contributed by atoms with Gasteiger partial charge in [0, 0.05) is 27.5 Å². The van der Waals surface area contributed by atoms with Crippen LogP contribution in [0.1, 0.15) is 37.2 Å². The Morgan fingerprint density at radius 2 is 1.75 bits per heavy atom. The van der Waals surface area contributed by atoms with Crippen molar-refractivity contribution in [1.29, 1.82) is 0 Å². The number of fused-ring (bicyclic) bond motifs is 5. The molecule has 0 saturated carbocycles. The summed E-state index contributed by atoms with van der Waals surface area (Å²) in [6.45, 7) is 6.70. The lowest BCUT2D eigenvalue weighted by atomic mass is 9.74. The second kappa shape index (κ2) is 6.20. The molecular weight excluding hydrogens is 344 g/mol. The summed E-state index contributed by atoms with van der Waals surface area (Å²) >= 11 is 0. The van der Waals surface area contributed by atoms with Gasteiger partial charge >= 0.3 is 0 Å². The van der Waals surface area contributed by atoms with Crippen molar-refractivity contribution >= 4 is 33.2 Å². The molecular formula is C24H24N4. The summed E-state index contributed by atoms with van der Waals surface area (Å²) in [4.78, 5) is 8.69. The predicted octanol–water partition coefficient (Wildman–Crippen LogP) is 5.81. The van der Waals surface area contributed by atoms with Crippen LogP contribution in [-0.4, -0.2) is 15.7 Å². The second-order valence-electron chi connectivity index (χ2n) is 8.49. The van der Waals surface area contributed by atoms with E-state index in [0.29, 0.717) is 0 Å². The molecule has 0 saturated heterocycles. The van der Waals surface area contributed by atoms with E-state index in [-0.39, 0.29) is 5.41 Å². The van der Waals surface area contributed by atoms with Crippen molar-refractivity contribution in [3.8, 4) is 0 Å². The van der Waals surface area contributed by atoms with E-state index in [9.17, 15) is 0 Å². The van der Waals surface area contributed by atoms with Gasteiger partial charge in [0.1, 0.15) is 0 Å². The fourth-order valence-corrected chi connectivity index (χ4v) is 4.40. The molecule has 1 aliphatic rings. The maximum atomic E-state index is 5.04. The highest BCUT2D eigenvalue weighted by molar-refractivity contribution is 6.18. The molecule has 2 N–H and O–H groups in total. The topological polar surface area (TPSA) is 53.1 Å². The van der Waals surface area contributed by atoms with Crippen LogP contribution in [0.25, 0.3) is 21.8 Å². The third-order valence-electron chi connectivity index (χ3n) is 5.58. The zero-order valence-corrected chi connectivity index (χ0v) is 16.5. The summed E-state index contributed by atoms with van der Waals surface area (Å²) in [5.41, 5.74) is 11.1. The summed E-state index contributed by atoms with van der Waals surface area (Å²) in [5.74, 6) is 0. The van der Waals surface area contributed by atoms with Gasteiger partial charge in [0.2, 0.25) is 0 Å². The molecule has 28 heavy (non-hydrogen) atoms. The highest BCUT2D eigenvalue weighted by atomic mass is 15.3. The number of para-hydroxylation sites is 2. The number of hydrogen-bond donors (Lipinski definition) is 2. The van der Waals surface area contributed by atoms with E-state index in [1.54, 1.807) is 0 Å². The molecule has 2 heterocycles. The second-order valence-corrected chi connectivity index (χ2v) is 8.49. The van der Waals surface area contributed by atoms with Gasteiger partial charge in [-0.15, -0.1) is 0 Å². The molecule has 0 spiro atoms. The lowest BCUT2D eigenvalue weighted by molar-refractivity contribution is 0.368. The SMILES string of the molecule is Cc1nc2c(c3[nH]c4ccccc4c13)C(=NNc1ccccc1)CC(C)(C)C2.